The number of thioether (sulfide) groups is 1. The summed E-state index contributed by atoms with van der Waals surface area (Å²) in [4.78, 5) is 18.5. The summed E-state index contributed by atoms with van der Waals surface area (Å²) in [5, 5.41) is 1.01. The first-order valence-corrected chi connectivity index (χ1v) is 5.47. The molecule has 1 heterocycles. The number of halogens is 1. The van der Waals surface area contributed by atoms with Crippen molar-refractivity contribution < 1.29 is 9.53 Å². The minimum atomic E-state index is -0.263. The molecule has 0 unspecified atom stereocenters. The first kappa shape index (κ1) is 12.1. The second-order valence-electron chi connectivity index (χ2n) is 2.56. The van der Waals surface area contributed by atoms with Crippen LogP contribution in [0.3, 0.4) is 0 Å². The molecule has 0 fully saturated rings. The predicted octanol–water partition coefficient (Wildman–Crippen LogP) is 1.37. The number of nitrogens with two attached hydrogens (primary N) is 1. The molecule has 0 aliphatic rings. The Morgan fingerprint density at radius 1 is 1.73 bits per heavy atom. The van der Waals surface area contributed by atoms with Gasteiger partial charge in [-0.2, -0.15) is 0 Å². The van der Waals surface area contributed by atoms with Crippen molar-refractivity contribution >= 4 is 35.3 Å². The average molecular weight is 248 g/mol. The smallest absolute Gasteiger partial charge is 0.306 e. The van der Waals surface area contributed by atoms with E-state index in [2.05, 4.69) is 14.7 Å². The van der Waals surface area contributed by atoms with Crippen LogP contribution in [-0.4, -0.2) is 28.8 Å². The van der Waals surface area contributed by atoms with Crippen molar-refractivity contribution in [3.05, 3.63) is 11.2 Å². The number of nitrogen functional groups attached to an aromatic ring is 1. The molecule has 1 rings (SSSR count). The van der Waals surface area contributed by atoms with Crippen LogP contribution < -0.4 is 5.73 Å². The highest BCUT2D eigenvalue weighted by atomic mass is 35.5. The van der Waals surface area contributed by atoms with Gasteiger partial charge in [0.15, 0.2) is 0 Å². The number of methoxy groups -OCH3 is 1. The summed E-state index contributed by atoms with van der Waals surface area (Å²) in [5.74, 6) is 0.448. The zero-order valence-electron chi connectivity index (χ0n) is 8.07. The summed E-state index contributed by atoms with van der Waals surface area (Å²) >= 11 is 7.17. The highest BCUT2D eigenvalue weighted by Crippen LogP contribution is 2.25. The zero-order valence-corrected chi connectivity index (χ0v) is 9.64. The van der Waals surface area contributed by atoms with E-state index in [-0.39, 0.29) is 11.9 Å². The van der Waals surface area contributed by atoms with Gasteiger partial charge < -0.3 is 10.5 Å². The fraction of sp³-hybridized carbons (Fsp3) is 0.375. The van der Waals surface area contributed by atoms with Gasteiger partial charge >= 0.3 is 5.97 Å². The molecule has 2 N–H and O–H groups in total. The van der Waals surface area contributed by atoms with Gasteiger partial charge in [0.2, 0.25) is 5.95 Å². The van der Waals surface area contributed by atoms with E-state index in [4.69, 9.17) is 17.3 Å². The molecule has 15 heavy (non-hydrogen) atoms. The fourth-order valence-electron chi connectivity index (χ4n) is 0.799. The molecule has 0 bridgehead atoms. The third kappa shape index (κ3) is 3.93. The molecule has 0 radical (unpaired) electrons. The summed E-state index contributed by atoms with van der Waals surface area (Å²) in [6.07, 6.45) is 1.74. The number of nitrogens with zero attached hydrogens (tertiary/aromatic N) is 2. The van der Waals surface area contributed by atoms with Gasteiger partial charge in [0.1, 0.15) is 5.03 Å². The largest absolute Gasteiger partial charge is 0.469 e. The van der Waals surface area contributed by atoms with Crippen LogP contribution in [0.25, 0.3) is 0 Å². The number of ether oxygens (including phenoxy) is 1. The summed E-state index contributed by atoms with van der Waals surface area (Å²) in [6.45, 7) is 0. The molecule has 5 nitrogen and oxygen atoms in total. The van der Waals surface area contributed by atoms with Gasteiger partial charge in [-0.1, -0.05) is 11.6 Å². The lowest BCUT2D eigenvalue weighted by molar-refractivity contribution is -0.140. The van der Waals surface area contributed by atoms with Crippen molar-refractivity contribution in [1.29, 1.82) is 0 Å². The van der Waals surface area contributed by atoms with Crippen molar-refractivity contribution in [2.24, 2.45) is 0 Å². The quantitative estimate of drug-likeness (QED) is 0.492. The van der Waals surface area contributed by atoms with Crippen molar-refractivity contribution in [2.75, 3.05) is 18.6 Å². The number of anilines is 1. The predicted molar refractivity (Wildman–Crippen MR) is 58.8 cm³/mol. The lowest BCUT2D eigenvalue weighted by Gasteiger charge is -2.02. The second-order valence-corrected chi connectivity index (χ2v) is 4.05. The van der Waals surface area contributed by atoms with E-state index in [1.54, 1.807) is 0 Å². The molecule has 0 spiro atoms. The summed E-state index contributed by atoms with van der Waals surface area (Å²) in [6, 6.07) is 0. The van der Waals surface area contributed by atoms with Crippen molar-refractivity contribution in [1.82, 2.24) is 9.97 Å². The Balaban J connectivity index is 2.50. The minimum Gasteiger partial charge on any atom is -0.469 e. The Bertz CT molecular complexity index is 362. The highest BCUT2D eigenvalue weighted by molar-refractivity contribution is 7.99. The molecule has 0 saturated heterocycles. The molecular weight excluding hydrogens is 238 g/mol. The lowest BCUT2D eigenvalue weighted by atomic mass is 10.5. The Morgan fingerprint density at radius 3 is 3.13 bits per heavy atom. The molecule has 0 saturated carbocycles. The Hall–Kier alpha value is -1.01. The van der Waals surface area contributed by atoms with E-state index in [0.29, 0.717) is 22.2 Å². The van der Waals surface area contributed by atoms with Crippen LogP contribution in [0.5, 0.6) is 0 Å². The van der Waals surface area contributed by atoms with Gasteiger partial charge in [0.25, 0.3) is 0 Å². The molecule has 0 aliphatic carbocycles. The third-order valence-corrected chi connectivity index (χ3v) is 2.88. The van der Waals surface area contributed by atoms with E-state index in [1.165, 1.54) is 25.1 Å². The van der Waals surface area contributed by atoms with Crippen LogP contribution in [0, 0.1) is 0 Å². The van der Waals surface area contributed by atoms with Gasteiger partial charge in [0.05, 0.1) is 24.8 Å². The van der Waals surface area contributed by atoms with Crippen molar-refractivity contribution in [2.45, 2.75) is 11.4 Å². The fourth-order valence-corrected chi connectivity index (χ4v) is 1.86. The van der Waals surface area contributed by atoms with Gasteiger partial charge in [-0.3, -0.25) is 4.79 Å². The monoisotopic (exact) mass is 247 g/mol. The Kier molecular flexibility index (Phi) is 4.64. The molecule has 1 aromatic heterocycles. The van der Waals surface area contributed by atoms with Crippen molar-refractivity contribution in [3.63, 3.8) is 0 Å². The maximum atomic E-state index is 10.8. The van der Waals surface area contributed by atoms with Crippen LogP contribution in [0.2, 0.25) is 5.02 Å². The summed E-state index contributed by atoms with van der Waals surface area (Å²) in [7, 11) is 1.35. The molecule has 82 valence electrons. The van der Waals surface area contributed by atoms with Gasteiger partial charge in [0, 0.05) is 5.75 Å². The minimum absolute atomic E-state index is 0.167. The first-order chi connectivity index (χ1) is 7.13. The van der Waals surface area contributed by atoms with Crippen molar-refractivity contribution in [3.8, 4) is 0 Å². The van der Waals surface area contributed by atoms with Gasteiger partial charge in [-0.25, -0.2) is 9.97 Å². The zero-order chi connectivity index (χ0) is 11.3. The van der Waals surface area contributed by atoms with E-state index in [0.717, 1.165) is 0 Å². The van der Waals surface area contributed by atoms with Crippen LogP contribution in [0.15, 0.2) is 11.2 Å². The number of hydrogen-bond donors (Lipinski definition) is 1. The van der Waals surface area contributed by atoms with E-state index < -0.39 is 0 Å². The molecular formula is C8H10ClN3O2S. The van der Waals surface area contributed by atoms with Crippen LogP contribution >= 0.6 is 23.4 Å². The molecule has 0 aromatic carbocycles. The Labute approximate surface area is 96.4 Å². The standard InChI is InChI=1S/C8H10ClN3O2S/c1-14-6(13)2-3-15-7-5(9)4-11-8(10)12-7/h4H,2-3H2,1H3,(H2,10,11,12). The van der Waals surface area contributed by atoms with Gasteiger partial charge in [-0.15, -0.1) is 11.8 Å². The number of carbonyl (C=O) groups is 1. The molecule has 1 aromatic rings. The third-order valence-electron chi connectivity index (χ3n) is 1.50. The number of carbonyl (C=O) groups excluding carboxylic acids is 1. The van der Waals surface area contributed by atoms with E-state index in [1.807, 2.05) is 0 Å². The SMILES string of the molecule is COC(=O)CCSc1nc(N)ncc1Cl. The lowest BCUT2D eigenvalue weighted by Crippen LogP contribution is -2.02. The average Bonchev–Trinajstić information content (AvgIpc) is 2.23. The molecule has 0 atom stereocenters. The normalized spacial score (nSPS) is 10.0. The molecule has 7 heteroatoms. The number of hydrogen-bond acceptors (Lipinski definition) is 6. The number of aromatic nitrogens is 2. The van der Waals surface area contributed by atoms with E-state index in [9.17, 15) is 4.79 Å². The second kappa shape index (κ2) is 5.77. The van der Waals surface area contributed by atoms with Crippen LogP contribution in [0.1, 0.15) is 6.42 Å². The molecule has 0 amide bonds. The maximum Gasteiger partial charge on any atom is 0.306 e. The van der Waals surface area contributed by atoms with Crippen LogP contribution in [-0.2, 0) is 9.53 Å². The number of rotatable bonds is 4. The maximum absolute atomic E-state index is 10.8. The van der Waals surface area contributed by atoms with Crippen LogP contribution in [0.4, 0.5) is 5.95 Å². The summed E-state index contributed by atoms with van der Waals surface area (Å²) in [5.41, 5.74) is 5.40. The number of esters is 1. The highest BCUT2D eigenvalue weighted by Gasteiger charge is 2.06. The first-order valence-electron chi connectivity index (χ1n) is 4.11. The van der Waals surface area contributed by atoms with E-state index >= 15 is 0 Å². The Morgan fingerprint density at radius 2 is 2.47 bits per heavy atom. The van der Waals surface area contributed by atoms with Gasteiger partial charge in [-0.05, 0) is 0 Å². The summed E-state index contributed by atoms with van der Waals surface area (Å²) < 4.78 is 4.50. The topological polar surface area (TPSA) is 78.1 Å². The molecule has 0 aliphatic heterocycles.